The molecule has 1 aliphatic heterocycles. The second kappa shape index (κ2) is 8.41. The average Bonchev–Trinajstić information content (AvgIpc) is 3.02. The van der Waals surface area contributed by atoms with Gasteiger partial charge in [0.25, 0.3) is 0 Å². The van der Waals surface area contributed by atoms with Crippen LogP contribution in [0, 0.1) is 0 Å². The molecule has 0 unspecified atom stereocenters. The van der Waals surface area contributed by atoms with E-state index in [1.807, 2.05) is 16.9 Å². The van der Waals surface area contributed by atoms with Crippen LogP contribution in [-0.2, 0) is 25.5 Å². The minimum absolute atomic E-state index is 0.0976. The molecule has 1 aromatic heterocycles. The maximum absolute atomic E-state index is 12.4. The lowest BCUT2D eigenvalue weighted by molar-refractivity contribution is -0.119. The summed E-state index contributed by atoms with van der Waals surface area (Å²) < 4.78 is 18.0. The van der Waals surface area contributed by atoms with Gasteiger partial charge < -0.3 is 18.8 Å². The third kappa shape index (κ3) is 3.94. The van der Waals surface area contributed by atoms with Gasteiger partial charge in [-0.1, -0.05) is 11.3 Å². The van der Waals surface area contributed by atoms with Crippen LogP contribution >= 0.6 is 23.1 Å². The monoisotopic (exact) mass is 394 g/mol. The number of aryl methyl sites for hydroxylation is 1. The van der Waals surface area contributed by atoms with Gasteiger partial charge in [0.15, 0.2) is 4.80 Å². The highest BCUT2D eigenvalue weighted by Crippen LogP contribution is 2.20. The number of thiazole rings is 1. The van der Waals surface area contributed by atoms with Crippen molar-refractivity contribution >= 4 is 45.2 Å². The zero-order valence-corrected chi connectivity index (χ0v) is 16.0. The molecule has 0 aliphatic carbocycles. The molecule has 2 heterocycles. The van der Waals surface area contributed by atoms with E-state index in [4.69, 9.17) is 14.2 Å². The number of esters is 1. The van der Waals surface area contributed by atoms with E-state index in [0.29, 0.717) is 30.1 Å². The SMILES string of the molecule is COC(=O)c1ccc2c(c1)sc(=NC(=O)C1=COCCO1)n2CCSC. The summed E-state index contributed by atoms with van der Waals surface area (Å²) in [5.74, 6) is 0.0834. The van der Waals surface area contributed by atoms with E-state index in [1.165, 1.54) is 24.7 Å². The number of amides is 1. The van der Waals surface area contributed by atoms with Gasteiger partial charge in [0.1, 0.15) is 19.5 Å². The highest BCUT2D eigenvalue weighted by molar-refractivity contribution is 7.98. The van der Waals surface area contributed by atoms with Gasteiger partial charge in [-0.3, -0.25) is 4.79 Å². The Morgan fingerprint density at radius 3 is 2.92 bits per heavy atom. The second-order valence-electron chi connectivity index (χ2n) is 5.32. The van der Waals surface area contributed by atoms with Gasteiger partial charge in [-0.15, -0.1) is 0 Å². The molecule has 1 aliphatic rings. The number of carbonyl (C=O) groups is 2. The Balaban J connectivity index is 2.06. The van der Waals surface area contributed by atoms with Crippen molar-refractivity contribution < 1.29 is 23.8 Å². The number of rotatable bonds is 5. The molecule has 0 spiro atoms. The van der Waals surface area contributed by atoms with Gasteiger partial charge in [-0.2, -0.15) is 16.8 Å². The van der Waals surface area contributed by atoms with Gasteiger partial charge in [0.2, 0.25) is 5.76 Å². The van der Waals surface area contributed by atoms with E-state index in [0.717, 1.165) is 16.0 Å². The first kappa shape index (κ1) is 18.5. The van der Waals surface area contributed by atoms with Crippen LogP contribution in [0.25, 0.3) is 10.2 Å². The first-order chi connectivity index (χ1) is 12.6. The predicted octanol–water partition coefficient (Wildman–Crippen LogP) is 2.17. The molecular weight excluding hydrogens is 376 g/mol. The molecule has 1 amide bonds. The summed E-state index contributed by atoms with van der Waals surface area (Å²) in [6.07, 6.45) is 3.31. The Labute approximate surface area is 158 Å². The van der Waals surface area contributed by atoms with Crippen LogP contribution in [-0.4, -0.2) is 48.8 Å². The van der Waals surface area contributed by atoms with Gasteiger partial charge in [-0.05, 0) is 24.5 Å². The zero-order valence-electron chi connectivity index (χ0n) is 14.4. The number of aromatic nitrogens is 1. The van der Waals surface area contributed by atoms with Crippen molar-refractivity contribution in [3.05, 3.63) is 40.6 Å². The third-order valence-electron chi connectivity index (χ3n) is 3.68. The normalized spacial score (nSPS) is 14.5. The topological polar surface area (TPSA) is 79.1 Å². The zero-order chi connectivity index (χ0) is 18.5. The minimum Gasteiger partial charge on any atom is -0.494 e. The van der Waals surface area contributed by atoms with E-state index in [-0.39, 0.29) is 5.76 Å². The Morgan fingerprint density at radius 1 is 1.38 bits per heavy atom. The Morgan fingerprint density at radius 2 is 2.23 bits per heavy atom. The predicted molar refractivity (Wildman–Crippen MR) is 100 cm³/mol. The molecule has 0 saturated heterocycles. The maximum atomic E-state index is 12.4. The summed E-state index contributed by atoms with van der Waals surface area (Å²) in [7, 11) is 1.35. The van der Waals surface area contributed by atoms with Gasteiger partial charge in [0, 0.05) is 12.3 Å². The number of hydrogen-bond acceptors (Lipinski definition) is 7. The van der Waals surface area contributed by atoms with Gasteiger partial charge in [-0.25, -0.2) is 4.79 Å². The van der Waals surface area contributed by atoms with Crippen molar-refractivity contribution in [1.29, 1.82) is 0 Å². The number of fused-ring (bicyclic) bond motifs is 1. The van der Waals surface area contributed by atoms with E-state index < -0.39 is 11.9 Å². The molecule has 3 rings (SSSR count). The molecule has 138 valence electrons. The van der Waals surface area contributed by atoms with Crippen molar-refractivity contribution in [2.45, 2.75) is 6.54 Å². The minimum atomic E-state index is -0.484. The Hall–Kier alpha value is -2.26. The van der Waals surface area contributed by atoms with Crippen molar-refractivity contribution in [3.63, 3.8) is 0 Å². The number of thioether (sulfide) groups is 1. The molecule has 0 radical (unpaired) electrons. The largest absolute Gasteiger partial charge is 0.494 e. The van der Waals surface area contributed by atoms with Crippen LogP contribution in [0.1, 0.15) is 10.4 Å². The van der Waals surface area contributed by atoms with Crippen molar-refractivity contribution in [2.75, 3.05) is 32.3 Å². The summed E-state index contributed by atoms with van der Waals surface area (Å²) in [6.45, 7) is 1.44. The molecule has 9 heteroatoms. The number of hydrogen-bond donors (Lipinski definition) is 0. The van der Waals surface area contributed by atoms with Crippen molar-refractivity contribution in [3.8, 4) is 0 Å². The van der Waals surface area contributed by atoms with Gasteiger partial charge >= 0.3 is 11.9 Å². The fourth-order valence-corrected chi connectivity index (χ4v) is 3.88. The summed E-state index contributed by atoms with van der Waals surface area (Å²) in [5, 5.41) is 0. The van der Waals surface area contributed by atoms with Crippen LogP contribution < -0.4 is 4.80 Å². The number of methoxy groups -OCH3 is 1. The lowest BCUT2D eigenvalue weighted by Crippen LogP contribution is -2.20. The molecule has 7 nitrogen and oxygen atoms in total. The molecule has 0 N–H and O–H groups in total. The molecular formula is C17H18N2O5S2. The highest BCUT2D eigenvalue weighted by atomic mass is 32.2. The van der Waals surface area contributed by atoms with E-state index in [9.17, 15) is 9.59 Å². The second-order valence-corrected chi connectivity index (χ2v) is 7.32. The molecule has 2 aromatic rings. The molecule has 0 bridgehead atoms. The first-order valence-corrected chi connectivity index (χ1v) is 10.1. The quantitative estimate of drug-likeness (QED) is 0.723. The number of benzene rings is 1. The smallest absolute Gasteiger partial charge is 0.337 e. The van der Waals surface area contributed by atoms with Crippen LogP contribution in [0.3, 0.4) is 0 Å². The number of carbonyl (C=O) groups excluding carboxylic acids is 2. The molecule has 0 atom stereocenters. The standard InChI is InChI=1S/C17H18N2O5S2/c1-22-16(21)11-3-4-12-14(9-11)26-17(19(12)5-8-25-2)18-15(20)13-10-23-6-7-24-13/h3-4,9-10H,5-8H2,1-2H3. The van der Waals surface area contributed by atoms with Crippen LogP contribution in [0.5, 0.6) is 0 Å². The van der Waals surface area contributed by atoms with Crippen molar-refractivity contribution in [2.24, 2.45) is 4.99 Å². The third-order valence-corrected chi connectivity index (χ3v) is 5.31. The van der Waals surface area contributed by atoms with E-state index in [1.54, 1.807) is 23.9 Å². The van der Waals surface area contributed by atoms with Gasteiger partial charge in [0.05, 0.1) is 22.9 Å². The Bertz CT molecular complexity index is 929. The van der Waals surface area contributed by atoms with Crippen LogP contribution in [0.4, 0.5) is 0 Å². The maximum Gasteiger partial charge on any atom is 0.337 e. The summed E-state index contributed by atoms with van der Waals surface area (Å²) >= 11 is 3.05. The fraction of sp³-hybridized carbons (Fsp3) is 0.353. The van der Waals surface area contributed by atoms with E-state index in [2.05, 4.69) is 4.99 Å². The number of nitrogens with zero attached hydrogens (tertiary/aromatic N) is 2. The molecule has 26 heavy (non-hydrogen) atoms. The fourth-order valence-electron chi connectivity index (χ4n) is 2.42. The highest BCUT2D eigenvalue weighted by Gasteiger charge is 2.16. The summed E-state index contributed by atoms with van der Waals surface area (Å²) in [4.78, 5) is 28.9. The molecule has 0 fully saturated rings. The average molecular weight is 394 g/mol. The van der Waals surface area contributed by atoms with Crippen molar-refractivity contribution in [1.82, 2.24) is 4.57 Å². The van der Waals surface area contributed by atoms with E-state index >= 15 is 0 Å². The van der Waals surface area contributed by atoms with Crippen LogP contribution in [0.15, 0.2) is 35.2 Å². The van der Waals surface area contributed by atoms with Crippen LogP contribution in [0.2, 0.25) is 0 Å². The molecule has 0 saturated carbocycles. The lowest BCUT2D eigenvalue weighted by atomic mass is 10.2. The number of ether oxygens (including phenoxy) is 3. The first-order valence-electron chi connectivity index (χ1n) is 7.88. The Kier molecular flexibility index (Phi) is 6.00. The summed E-state index contributed by atoms with van der Waals surface area (Å²) in [6, 6.07) is 5.31. The molecule has 1 aromatic carbocycles. The summed E-state index contributed by atoms with van der Waals surface area (Å²) in [5.41, 5.74) is 1.38. The lowest BCUT2D eigenvalue weighted by Gasteiger charge is -2.12.